The van der Waals surface area contributed by atoms with Crippen LogP contribution in [0, 0.1) is 6.92 Å². The third kappa shape index (κ3) is 3.31. The van der Waals surface area contributed by atoms with Crippen molar-refractivity contribution in [2.75, 3.05) is 13.1 Å². The van der Waals surface area contributed by atoms with Gasteiger partial charge in [0.05, 0.1) is 6.54 Å². The van der Waals surface area contributed by atoms with Crippen LogP contribution in [0.15, 0.2) is 28.8 Å². The molecule has 2 N–H and O–H groups in total. The van der Waals surface area contributed by atoms with Crippen molar-refractivity contribution in [3.8, 4) is 11.4 Å². The summed E-state index contributed by atoms with van der Waals surface area (Å²) in [6.45, 7) is 4.51. The summed E-state index contributed by atoms with van der Waals surface area (Å²) in [5, 5.41) is 4.09. The van der Waals surface area contributed by atoms with Gasteiger partial charge < -0.3 is 10.3 Å². The second kappa shape index (κ2) is 6.37. The predicted molar refractivity (Wildman–Crippen MR) is 81.6 cm³/mol. The number of rotatable bonds is 4. The fourth-order valence-corrected chi connectivity index (χ4v) is 2.85. The van der Waals surface area contributed by atoms with Crippen LogP contribution in [0.3, 0.4) is 0 Å². The number of nitrogens with two attached hydrogens (primary N) is 1. The lowest BCUT2D eigenvalue weighted by molar-refractivity contribution is 0.128. The van der Waals surface area contributed by atoms with E-state index in [2.05, 4.69) is 34.1 Å². The molecule has 0 amide bonds. The monoisotopic (exact) mass is 286 g/mol. The van der Waals surface area contributed by atoms with Crippen molar-refractivity contribution in [2.24, 2.45) is 5.73 Å². The molecule has 0 spiro atoms. The summed E-state index contributed by atoms with van der Waals surface area (Å²) in [5.74, 6) is 1.33. The number of likely N-dealkylation sites (tertiary alicyclic amines) is 1. The summed E-state index contributed by atoms with van der Waals surface area (Å²) in [6.07, 6.45) is 3.64. The highest BCUT2D eigenvalue weighted by Crippen LogP contribution is 2.20. The van der Waals surface area contributed by atoms with Gasteiger partial charge in [-0.2, -0.15) is 4.98 Å². The summed E-state index contributed by atoms with van der Waals surface area (Å²) in [7, 11) is 0. The van der Waals surface area contributed by atoms with Crippen LogP contribution in [-0.4, -0.2) is 34.2 Å². The van der Waals surface area contributed by atoms with Gasteiger partial charge in [0.15, 0.2) is 0 Å². The zero-order valence-electron chi connectivity index (χ0n) is 12.5. The summed E-state index contributed by atoms with van der Waals surface area (Å²) in [6, 6.07) is 8.59. The lowest BCUT2D eigenvalue weighted by Crippen LogP contribution is -2.43. The maximum Gasteiger partial charge on any atom is 0.241 e. The van der Waals surface area contributed by atoms with E-state index in [9.17, 15) is 0 Å². The third-order valence-corrected chi connectivity index (χ3v) is 4.14. The molecule has 5 heteroatoms. The Kier molecular flexibility index (Phi) is 4.31. The Morgan fingerprint density at radius 2 is 2.10 bits per heavy atom. The third-order valence-electron chi connectivity index (χ3n) is 4.14. The summed E-state index contributed by atoms with van der Waals surface area (Å²) in [4.78, 5) is 6.87. The molecule has 3 rings (SSSR count). The quantitative estimate of drug-likeness (QED) is 0.934. The molecule has 0 radical (unpaired) electrons. The standard InChI is InChI=1S/C16H22N4O/c1-12-5-7-13(8-6-12)16-18-15(21-19-16)11-20-9-3-2-4-14(20)10-17/h5-8,14H,2-4,9-11,17H2,1H3. The maximum atomic E-state index is 5.85. The van der Waals surface area contributed by atoms with Crippen LogP contribution in [0.4, 0.5) is 0 Å². The van der Waals surface area contributed by atoms with Crippen molar-refractivity contribution in [1.82, 2.24) is 15.0 Å². The van der Waals surface area contributed by atoms with E-state index in [1.54, 1.807) is 0 Å². The molecule has 1 unspecified atom stereocenters. The van der Waals surface area contributed by atoms with Crippen LogP contribution >= 0.6 is 0 Å². The molecule has 2 aromatic rings. The number of benzene rings is 1. The van der Waals surface area contributed by atoms with Crippen molar-refractivity contribution in [3.63, 3.8) is 0 Å². The molecule has 112 valence electrons. The molecule has 0 bridgehead atoms. The minimum atomic E-state index is 0.438. The van der Waals surface area contributed by atoms with E-state index in [1.165, 1.54) is 18.4 Å². The van der Waals surface area contributed by atoms with Gasteiger partial charge in [-0.25, -0.2) is 0 Å². The van der Waals surface area contributed by atoms with E-state index >= 15 is 0 Å². The predicted octanol–water partition coefficient (Wildman–Crippen LogP) is 2.36. The van der Waals surface area contributed by atoms with Gasteiger partial charge in [-0.15, -0.1) is 0 Å². The van der Waals surface area contributed by atoms with Crippen LogP contribution < -0.4 is 5.73 Å². The molecule has 1 aliphatic rings. The van der Waals surface area contributed by atoms with Gasteiger partial charge in [-0.05, 0) is 26.3 Å². The fourth-order valence-electron chi connectivity index (χ4n) is 2.85. The first-order chi connectivity index (χ1) is 10.3. The van der Waals surface area contributed by atoms with Crippen LogP contribution in [-0.2, 0) is 6.54 Å². The van der Waals surface area contributed by atoms with Crippen molar-refractivity contribution in [1.29, 1.82) is 0 Å². The Hall–Kier alpha value is -1.72. The molecule has 1 aliphatic heterocycles. The summed E-state index contributed by atoms with van der Waals surface area (Å²) in [5.41, 5.74) is 8.06. The highest BCUT2D eigenvalue weighted by atomic mass is 16.5. The van der Waals surface area contributed by atoms with Crippen LogP contribution in [0.5, 0.6) is 0 Å². The molecule has 2 heterocycles. The van der Waals surface area contributed by atoms with Gasteiger partial charge >= 0.3 is 0 Å². The molecule has 21 heavy (non-hydrogen) atoms. The van der Waals surface area contributed by atoms with E-state index in [4.69, 9.17) is 10.3 Å². The van der Waals surface area contributed by atoms with Gasteiger partial charge in [0.25, 0.3) is 0 Å². The Balaban J connectivity index is 1.71. The van der Waals surface area contributed by atoms with Gasteiger partial charge in [0.2, 0.25) is 11.7 Å². The minimum absolute atomic E-state index is 0.438. The second-order valence-electron chi connectivity index (χ2n) is 5.73. The zero-order chi connectivity index (χ0) is 14.7. The maximum absolute atomic E-state index is 5.85. The second-order valence-corrected chi connectivity index (χ2v) is 5.73. The number of aromatic nitrogens is 2. The first-order valence-electron chi connectivity index (χ1n) is 7.60. The van der Waals surface area contributed by atoms with Crippen LogP contribution in [0.1, 0.15) is 30.7 Å². The average Bonchev–Trinajstić information content (AvgIpc) is 2.97. The van der Waals surface area contributed by atoms with E-state index in [0.717, 1.165) is 18.5 Å². The van der Waals surface area contributed by atoms with Crippen molar-refractivity contribution < 1.29 is 4.52 Å². The molecular formula is C16H22N4O. The molecule has 1 aromatic carbocycles. The number of aryl methyl sites for hydroxylation is 1. The number of hydrogen-bond donors (Lipinski definition) is 1. The van der Waals surface area contributed by atoms with Gasteiger partial charge in [-0.1, -0.05) is 41.4 Å². The summed E-state index contributed by atoms with van der Waals surface area (Å²) >= 11 is 0. The Labute approximate surface area is 125 Å². The lowest BCUT2D eigenvalue weighted by atomic mass is 10.0. The summed E-state index contributed by atoms with van der Waals surface area (Å²) < 4.78 is 5.40. The average molecular weight is 286 g/mol. The Morgan fingerprint density at radius 3 is 2.86 bits per heavy atom. The topological polar surface area (TPSA) is 68.2 Å². The normalized spacial score (nSPS) is 19.8. The van der Waals surface area contributed by atoms with Crippen LogP contribution in [0.25, 0.3) is 11.4 Å². The molecular weight excluding hydrogens is 264 g/mol. The highest BCUT2D eigenvalue weighted by Gasteiger charge is 2.23. The van der Waals surface area contributed by atoms with Gasteiger partial charge in [-0.3, -0.25) is 4.90 Å². The van der Waals surface area contributed by atoms with Crippen molar-refractivity contribution in [2.45, 2.75) is 38.8 Å². The van der Waals surface area contributed by atoms with E-state index < -0.39 is 0 Å². The largest absolute Gasteiger partial charge is 0.338 e. The van der Waals surface area contributed by atoms with Gasteiger partial charge in [0.1, 0.15) is 0 Å². The van der Waals surface area contributed by atoms with Gasteiger partial charge in [0, 0.05) is 18.2 Å². The lowest BCUT2D eigenvalue weighted by Gasteiger charge is -2.33. The fraction of sp³-hybridized carbons (Fsp3) is 0.500. The number of nitrogens with zero attached hydrogens (tertiary/aromatic N) is 3. The minimum Gasteiger partial charge on any atom is -0.338 e. The first-order valence-corrected chi connectivity index (χ1v) is 7.60. The molecule has 0 aliphatic carbocycles. The van der Waals surface area contributed by atoms with E-state index in [1.807, 2.05) is 12.1 Å². The van der Waals surface area contributed by atoms with Crippen molar-refractivity contribution >= 4 is 0 Å². The smallest absolute Gasteiger partial charge is 0.241 e. The highest BCUT2D eigenvalue weighted by molar-refractivity contribution is 5.54. The Morgan fingerprint density at radius 1 is 1.29 bits per heavy atom. The molecule has 0 saturated carbocycles. The molecule has 1 atom stereocenters. The molecule has 1 saturated heterocycles. The molecule has 1 aromatic heterocycles. The van der Waals surface area contributed by atoms with E-state index in [-0.39, 0.29) is 0 Å². The van der Waals surface area contributed by atoms with Crippen LogP contribution in [0.2, 0.25) is 0 Å². The Bertz CT molecular complexity index is 578. The zero-order valence-corrected chi connectivity index (χ0v) is 12.5. The van der Waals surface area contributed by atoms with E-state index in [0.29, 0.717) is 30.8 Å². The number of hydrogen-bond acceptors (Lipinski definition) is 5. The SMILES string of the molecule is Cc1ccc(-c2noc(CN3CCCCC3CN)n2)cc1. The number of piperidine rings is 1. The molecule has 5 nitrogen and oxygen atoms in total. The molecule has 1 fully saturated rings. The first kappa shape index (κ1) is 14.2. The van der Waals surface area contributed by atoms with Crippen molar-refractivity contribution in [3.05, 3.63) is 35.7 Å².